The quantitative estimate of drug-likeness (QED) is 0.423. The summed E-state index contributed by atoms with van der Waals surface area (Å²) in [5.41, 5.74) is 4.14. The molecule has 0 spiro atoms. The number of carbonyl (C=O) groups excluding carboxylic acids is 1. The normalized spacial score (nSPS) is 14.5. The second-order valence-corrected chi connectivity index (χ2v) is 9.20. The van der Waals surface area contributed by atoms with E-state index in [9.17, 15) is 4.79 Å². The first-order valence-electron chi connectivity index (χ1n) is 11.2. The fraction of sp³-hybridized carbons (Fsp3) is 0.222. The standard InChI is InChI=1S/C27H26N4OS/c1-20-25(33-26(29-20)23-14-8-9-15-28-23)27(32)31-18-16-30(17-19-31)24(21-10-4-2-5-11-21)22-12-6-3-7-13-22/h2-15,24H,16-19H2,1H3. The zero-order valence-corrected chi connectivity index (χ0v) is 19.4. The van der Waals surface area contributed by atoms with Crippen molar-refractivity contribution < 1.29 is 4.79 Å². The summed E-state index contributed by atoms with van der Waals surface area (Å²) in [7, 11) is 0. The van der Waals surface area contributed by atoms with Crippen LogP contribution in [0, 0.1) is 6.92 Å². The Morgan fingerprint density at radius 3 is 2.03 bits per heavy atom. The van der Waals surface area contributed by atoms with Gasteiger partial charge in [-0.25, -0.2) is 4.98 Å². The van der Waals surface area contributed by atoms with Crippen LogP contribution in [0.2, 0.25) is 0 Å². The SMILES string of the molecule is Cc1nc(-c2ccccn2)sc1C(=O)N1CCN(C(c2ccccc2)c2ccccc2)CC1. The molecule has 166 valence electrons. The minimum Gasteiger partial charge on any atom is -0.335 e. The van der Waals surface area contributed by atoms with Crippen molar-refractivity contribution >= 4 is 17.2 Å². The number of aromatic nitrogens is 2. The van der Waals surface area contributed by atoms with Crippen LogP contribution in [0.15, 0.2) is 85.1 Å². The second-order valence-electron chi connectivity index (χ2n) is 8.20. The molecule has 0 aliphatic carbocycles. The van der Waals surface area contributed by atoms with Crippen LogP contribution in [0.5, 0.6) is 0 Å². The number of amides is 1. The first-order chi connectivity index (χ1) is 16.2. The summed E-state index contributed by atoms with van der Waals surface area (Å²) >= 11 is 1.44. The fourth-order valence-electron chi connectivity index (χ4n) is 4.41. The van der Waals surface area contributed by atoms with Crippen molar-refractivity contribution in [2.24, 2.45) is 0 Å². The van der Waals surface area contributed by atoms with Gasteiger partial charge in [0, 0.05) is 32.4 Å². The van der Waals surface area contributed by atoms with Crippen LogP contribution in [0.4, 0.5) is 0 Å². The van der Waals surface area contributed by atoms with E-state index in [1.54, 1.807) is 6.20 Å². The number of carbonyl (C=O) groups is 1. The summed E-state index contributed by atoms with van der Waals surface area (Å²) in [5.74, 6) is 0.0720. The maximum atomic E-state index is 13.3. The van der Waals surface area contributed by atoms with E-state index in [0.717, 1.165) is 29.5 Å². The van der Waals surface area contributed by atoms with Gasteiger partial charge in [-0.3, -0.25) is 14.7 Å². The minimum atomic E-state index is 0.0720. The summed E-state index contributed by atoms with van der Waals surface area (Å²) in [6.07, 6.45) is 1.75. The molecule has 6 heteroatoms. The topological polar surface area (TPSA) is 49.3 Å². The van der Waals surface area contributed by atoms with E-state index >= 15 is 0 Å². The molecule has 0 N–H and O–H groups in total. The average molecular weight is 455 g/mol. The number of rotatable bonds is 5. The van der Waals surface area contributed by atoms with E-state index in [2.05, 4.69) is 75.5 Å². The van der Waals surface area contributed by atoms with Gasteiger partial charge in [-0.05, 0) is 30.2 Å². The first-order valence-corrected chi connectivity index (χ1v) is 12.0. The summed E-state index contributed by atoms with van der Waals surface area (Å²) < 4.78 is 0. The van der Waals surface area contributed by atoms with Crippen molar-refractivity contribution in [3.63, 3.8) is 0 Å². The monoisotopic (exact) mass is 454 g/mol. The molecule has 1 saturated heterocycles. The largest absolute Gasteiger partial charge is 0.335 e. The lowest BCUT2D eigenvalue weighted by molar-refractivity contribution is 0.0601. The third-order valence-corrected chi connectivity index (χ3v) is 7.24. The molecule has 1 aliphatic rings. The van der Waals surface area contributed by atoms with Crippen molar-refractivity contribution in [3.05, 3.63) is 107 Å². The molecule has 1 aliphatic heterocycles. The summed E-state index contributed by atoms with van der Waals surface area (Å²) in [6, 6.07) is 27.2. The highest BCUT2D eigenvalue weighted by molar-refractivity contribution is 7.17. The molecule has 0 radical (unpaired) electrons. The molecule has 33 heavy (non-hydrogen) atoms. The molecule has 4 aromatic rings. The number of aryl methyl sites for hydroxylation is 1. The van der Waals surface area contributed by atoms with Gasteiger partial charge in [0.25, 0.3) is 5.91 Å². The van der Waals surface area contributed by atoms with Gasteiger partial charge >= 0.3 is 0 Å². The van der Waals surface area contributed by atoms with Crippen LogP contribution in [0.3, 0.4) is 0 Å². The van der Waals surface area contributed by atoms with Crippen LogP contribution in [0.25, 0.3) is 10.7 Å². The van der Waals surface area contributed by atoms with Crippen molar-refractivity contribution in [2.45, 2.75) is 13.0 Å². The van der Waals surface area contributed by atoms with Crippen molar-refractivity contribution in [3.8, 4) is 10.7 Å². The van der Waals surface area contributed by atoms with Gasteiger partial charge in [-0.15, -0.1) is 11.3 Å². The fourth-order valence-corrected chi connectivity index (χ4v) is 5.42. The van der Waals surface area contributed by atoms with Gasteiger partial charge in [0.2, 0.25) is 0 Å². The molecule has 2 aromatic carbocycles. The van der Waals surface area contributed by atoms with Gasteiger partial charge in [0.15, 0.2) is 0 Å². The Balaban J connectivity index is 1.32. The Morgan fingerprint density at radius 2 is 1.45 bits per heavy atom. The number of piperazine rings is 1. The molecule has 0 atom stereocenters. The van der Waals surface area contributed by atoms with E-state index in [1.165, 1.54) is 22.5 Å². The smallest absolute Gasteiger partial charge is 0.265 e. The molecule has 5 nitrogen and oxygen atoms in total. The Hall–Kier alpha value is -3.35. The Labute approximate surface area is 198 Å². The van der Waals surface area contributed by atoms with E-state index < -0.39 is 0 Å². The molecule has 0 saturated carbocycles. The Morgan fingerprint density at radius 1 is 0.848 bits per heavy atom. The summed E-state index contributed by atoms with van der Waals surface area (Å²) in [4.78, 5) is 27.5. The lowest BCUT2D eigenvalue weighted by Gasteiger charge is -2.39. The number of pyridine rings is 1. The van der Waals surface area contributed by atoms with Gasteiger partial charge in [-0.2, -0.15) is 0 Å². The van der Waals surface area contributed by atoms with Crippen molar-refractivity contribution in [1.29, 1.82) is 0 Å². The van der Waals surface area contributed by atoms with E-state index in [1.807, 2.05) is 30.0 Å². The third-order valence-electron chi connectivity index (χ3n) is 6.07. The van der Waals surface area contributed by atoms with Crippen molar-refractivity contribution in [1.82, 2.24) is 19.8 Å². The second kappa shape index (κ2) is 9.65. The van der Waals surface area contributed by atoms with Crippen molar-refractivity contribution in [2.75, 3.05) is 26.2 Å². The van der Waals surface area contributed by atoms with Gasteiger partial charge in [-0.1, -0.05) is 66.7 Å². The zero-order chi connectivity index (χ0) is 22.6. The number of benzene rings is 2. The molecule has 5 rings (SSSR count). The van der Waals surface area contributed by atoms with E-state index in [0.29, 0.717) is 18.0 Å². The molecular weight excluding hydrogens is 428 g/mol. The zero-order valence-electron chi connectivity index (χ0n) is 18.6. The summed E-state index contributed by atoms with van der Waals surface area (Å²) in [5, 5.41) is 0.795. The average Bonchev–Trinajstić information content (AvgIpc) is 3.28. The molecule has 0 bridgehead atoms. The molecule has 0 unspecified atom stereocenters. The Kier molecular flexibility index (Phi) is 6.28. The Bertz CT molecular complexity index is 1160. The van der Waals surface area contributed by atoms with Gasteiger partial charge in [0.1, 0.15) is 9.88 Å². The molecule has 1 amide bonds. The predicted molar refractivity (Wildman–Crippen MR) is 132 cm³/mol. The van der Waals surface area contributed by atoms with E-state index in [-0.39, 0.29) is 11.9 Å². The maximum Gasteiger partial charge on any atom is 0.265 e. The number of thiazole rings is 1. The predicted octanol–water partition coefficient (Wildman–Crippen LogP) is 5.06. The van der Waals surface area contributed by atoms with E-state index in [4.69, 9.17) is 0 Å². The highest BCUT2D eigenvalue weighted by Crippen LogP contribution is 2.31. The van der Waals surface area contributed by atoms with Crippen LogP contribution in [-0.2, 0) is 0 Å². The lowest BCUT2D eigenvalue weighted by atomic mass is 9.96. The molecule has 1 fully saturated rings. The lowest BCUT2D eigenvalue weighted by Crippen LogP contribution is -2.49. The molecule has 3 heterocycles. The van der Waals surface area contributed by atoms with Crippen LogP contribution in [0.1, 0.15) is 32.5 Å². The number of nitrogens with zero attached hydrogens (tertiary/aromatic N) is 4. The van der Waals surface area contributed by atoms with Crippen LogP contribution < -0.4 is 0 Å². The van der Waals surface area contributed by atoms with Crippen LogP contribution in [-0.4, -0.2) is 51.9 Å². The van der Waals surface area contributed by atoms with Gasteiger partial charge < -0.3 is 4.90 Å². The molecule has 2 aromatic heterocycles. The highest BCUT2D eigenvalue weighted by Gasteiger charge is 2.30. The third kappa shape index (κ3) is 4.58. The summed E-state index contributed by atoms with van der Waals surface area (Å²) in [6.45, 7) is 4.96. The maximum absolute atomic E-state index is 13.3. The van der Waals surface area contributed by atoms with Gasteiger partial charge in [0.05, 0.1) is 17.4 Å². The number of hydrogen-bond donors (Lipinski definition) is 0. The minimum absolute atomic E-state index is 0.0720. The highest BCUT2D eigenvalue weighted by atomic mass is 32.1. The molecular formula is C27H26N4OS. The first kappa shape index (κ1) is 21.5. The number of hydrogen-bond acceptors (Lipinski definition) is 5. The van der Waals surface area contributed by atoms with Crippen LogP contribution >= 0.6 is 11.3 Å².